The normalized spacial score (nSPS) is 13.6. The molecule has 97 heavy (non-hydrogen) atoms. The number of oxazole rings is 2. The number of thiophene rings is 1. The smallest absolute Gasteiger partial charge is 0.384 e. The van der Waals surface area contributed by atoms with Crippen LogP contribution in [0.25, 0.3) is 143 Å². The van der Waals surface area contributed by atoms with E-state index in [2.05, 4.69) is 140 Å². The molecule has 5 aliphatic heterocycles. The van der Waals surface area contributed by atoms with Crippen molar-refractivity contribution in [1.29, 1.82) is 0 Å². The molecule has 0 saturated heterocycles. The molecule has 0 bridgehead atoms. The number of rotatable bonds is 0. The van der Waals surface area contributed by atoms with Crippen molar-refractivity contribution in [3.05, 3.63) is 237 Å². The van der Waals surface area contributed by atoms with Gasteiger partial charge in [-0.1, -0.05) is 22.7 Å². The van der Waals surface area contributed by atoms with Crippen LogP contribution >= 0.6 is 22.7 Å². The van der Waals surface area contributed by atoms with Gasteiger partial charge in [0.25, 0.3) is 28.0 Å². The second kappa shape index (κ2) is 20.4. The first kappa shape index (κ1) is 50.9. The SMILES string of the molecule is Cn1c2[n+](c3c1cn1cnccc31)Cc1ccncc1-2.[2H]C([2H])([2H])n1c2[n+](c3c1cn1cnccc31)Cc1ccncc1-2.c1cc2c(cn1)-c1oc3cc4cnccn4c3[n+]1C2.c1cc2c(cn1)-c1sc3cc4cnccn4c3[n+]1C2.c1cnc2sc3oc4[n+](c3c2c1)Cc1ccncc1-4. The van der Waals surface area contributed by atoms with Gasteiger partial charge in [0.15, 0.2) is 33.6 Å². The van der Waals surface area contributed by atoms with Gasteiger partial charge in [-0.2, -0.15) is 17.9 Å². The highest BCUT2D eigenvalue weighted by Crippen LogP contribution is 2.40. The number of imidazole rings is 2. The molecule has 25 heteroatoms. The standard InChI is InChI=1S/2C15H12N5.C14H9N4O.C14H9N4S.C14H8N3OS/c2*1-18-13-8-19-9-17-5-3-12(19)14(13)20-7-10-2-4-16-6-11(10)15(18)20;2*1-2-15-7-11-9(1)8-18-13-12(19-14(11)18)5-10-6-16-3-4-17(10)13;1-2-9-11-14(19-12(9)16-4-1)18-13-10-6-15-5-3-8(10)7-17(11)13/h2*2-6,8-9H,7H2,1H3;2*1-7H,8H2;1-6H,7H2/q5*+1/i1D3;;;;. The van der Waals surface area contributed by atoms with Crippen LogP contribution in [0.2, 0.25) is 0 Å². The second-order valence-electron chi connectivity index (χ2n) is 24.3. The van der Waals surface area contributed by atoms with E-state index in [0.717, 1.165) is 109 Å². The largest absolute Gasteiger partial charge is 0.414 e. The third kappa shape index (κ3) is 7.84. The highest BCUT2D eigenvalue weighted by Gasteiger charge is 2.39. The van der Waals surface area contributed by atoms with E-state index >= 15 is 0 Å². The number of hydrogen-bond donors (Lipinski definition) is 0. The molecule has 0 aromatic carbocycles. The summed E-state index contributed by atoms with van der Waals surface area (Å²) in [6.45, 7) is 1.90. The minimum atomic E-state index is -2.27. The van der Waals surface area contributed by atoms with Gasteiger partial charge >= 0.3 is 17.2 Å². The summed E-state index contributed by atoms with van der Waals surface area (Å²) in [5.41, 5.74) is 24.6. The highest BCUT2D eigenvalue weighted by molar-refractivity contribution is 7.24. The van der Waals surface area contributed by atoms with E-state index in [-0.39, 0.29) is 0 Å². The Morgan fingerprint density at radius 2 is 0.969 bits per heavy atom. The van der Waals surface area contributed by atoms with Crippen LogP contribution in [-0.2, 0) is 46.7 Å². The zero-order chi connectivity index (χ0) is 66.2. The lowest BCUT2D eigenvalue weighted by Crippen LogP contribution is -2.31. The summed E-state index contributed by atoms with van der Waals surface area (Å²) in [5.74, 6) is 3.73. The van der Waals surface area contributed by atoms with E-state index in [1.807, 2.05) is 152 Å². The van der Waals surface area contributed by atoms with Crippen LogP contribution in [0, 0.1) is 0 Å². The van der Waals surface area contributed by atoms with Gasteiger partial charge in [0.05, 0.1) is 107 Å². The molecule has 0 saturated carbocycles. The van der Waals surface area contributed by atoms with Crippen molar-refractivity contribution in [1.82, 2.24) is 76.6 Å². The van der Waals surface area contributed by atoms with Gasteiger partial charge in [-0.15, -0.1) is 0 Å². The molecule has 462 valence electrons. The fourth-order valence-corrected chi connectivity index (χ4v) is 17.2. The van der Waals surface area contributed by atoms with E-state index < -0.39 is 6.98 Å². The van der Waals surface area contributed by atoms with Crippen LogP contribution < -0.4 is 22.8 Å². The highest BCUT2D eigenvalue weighted by atomic mass is 32.1. The van der Waals surface area contributed by atoms with Gasteiger partial charge in [-0.05, 0) is 54.6 Å². The molecule has 0 unspecified atom stereocenters. The van der Waals surface area contributed by atoms with Crippen molar-refractivity contribution in [3.63, 3.8) is 0 Å². The number of thiazole rings is 1. The zero-order valence-electron chi connectivity index (χ0n) is 54.2. The van der Waals surface area contributed by atoms with Crippen LogP contribution in [0.15, 0.2) is 218 Å². The van der Waals surface area contributed by atoms with Gasteiger partial charge in [-0.3, -0.25) is 43.7 Å². The molecule has 23 nitrogen and oxygen atoms in total. The molecule has 25 rings (SSSR count). The minimum absolute atomic E-state index is 0.648. The molecule has 5 aliphatic rings. The molecule has 25 heterocycles. The number of hydrogen-bond acceptors (Lipinski definition) is 14. The first-order chi connectivity index (χ1) is 49.1. The molecule has 0 atom stereocenters. The van der Waals surface area contributed by atoms with E-state index in [9.17, 15) is 0 Å². The zero-order valence-corrected chi connectivity index (χ0v) is 52.8. The minimum Gasteiger partial charge on any atom is -0.414 e. The Hall–Kier alpha value is -12.6. The molecule has 20 aromatic heterocycles. The van der Waals surface area contributed by atoms with Crippen LogP contribution in [0.1, 0.15) is 31.9 Å². The van der Waals surface area contributed by atoms with Crippen LogP contribution in [0.4, 0.5) is 0 Å². The predicted octanol–water partition coefficient (Wildman–Crippen LogP) is 9.88. The molecular formula is C72H50N21O2S2+5. The van der Waals surface area contributed by atoms with Gasteiger partial charge in [0.1, 0.15) is 53.7 Å². The van der Waals surface area contributed by atoms with Crippen molar-refractivity contribution >= 4 is 109 Å². The number of fused-ring (bicyclic) bond motifs is 35. The average molecular weight is 1310 g/mol. The van der Waals surface area contributed by atoms with Gasteiger partial charge in [0, 0.05) is 121 Å². The van der Waals surface area contributed by atoms with Crippen molar-refractivity contribution < 1.29 is 35.8 Å². The maximum absolute atomic E-state index is 7.99. The molecular weight excluding hydrogens is 1260 g/mol. The number of nitrogens with zero attached hydrogens (tertiary/aromatic N) is 21. The van der Waals surface area contributed by atoms with E-state index in [1.54, 1.807) is 42.5 Å². The Morgan fingerprint density at radius 1 is 0.454 bits per heavy atom. The van der Waals surface area contributed by atoms with Gasteiger partial charge in [0.2, 0.25) is 16.6 Å². The van der Waals surface area contributed by atoms with Crippen LogP contribution in [-0.4, -0.2) is 76.6 Å². The maximum Gasteiger partial charge on any atom is 0.384 e. The van der Waals surface area contributed by atoms with Crippen LogP contribution in [0.3, 0.4) is 0 Å². The molecule has 0 radical (unpaired) electrons. The third-order valence-electron chi connectivity index (χ3n) is 19.2. The summed E-state index contributed by atoms with van der Waals surface area (Å²) >= 11 is 3.43. The predicted molar refractivity (Wildman–Crippen MR) is 361 cm³/mol. The van der Waals surface area contributed by atoms with Crippen molar-refractivity contribution in [2.45, 2.75) is 32.7 Å². The lowest BCUT2D eigenvalue weighted by atomic mass is 10.2. The second-order valence-corrected chi connectivity index (χ2v) is 26.3. The quantitative estimate of drug-likeness (QED) is 0.130. The summed E-state index contributed by atoms with van der Waals surface area (Å²) in [6, 6.07) is 22.5. The maximum atomic E-state index is 7.99. The molecule has 0 spiro atoms. The first-order valence-corrected chi connectivity index (χ1v) is 32.9. The van der Waals surface area contributed by atoms with Crippen LogP contribution in [0.5, 0.6) is 0 Å². The third-order valence-corrected chi connectivity index (χ3v) is 21.3. The Bertz CT molecular complexity index is 6460. The van der Waals surface area contributed by atoms with Crippen molar-refractivity contribution in [2.75, 3.05) is 0 Å². The van der Waals surface area contributed by atoms with Gasteiger partial charge in [-0.25, -0.2) is 37.8 Å². The number of pyridine rings is 6. The summed E-state index contributed by atoms with van der Waals surface area (Å²) in [7, 11) is 2.11. The Labute approximate surface area is 558 Å². The number of aromatic nitrogens is 21. The lowest BCUT2D eigenvalue weighted by molar-refractivity contribution is -0.651. The average Bonchev–Trinajstić information content (AvgIpc) is 1.57. The molecule has 0 amide bonds. The monoisotopic (exact) mass is 1310 g/mol. The fourth-order valence-electron chi connectivity index (χ4n) is 14.9. The summed E-state index contributed by atoms with van der Waals surface area (Å²) < 4.78 is 60.5. The van der Waals surface area contributed by atoms with Crippen molar-refractivity contribution in [2.24, 2.45) is 14.0 Å². The topological polar surface area (TPSA) is 202 Å². The Kier molecular flexibility index (Phi) is 10.7. The molecule has 0 fully saturated rings. The summed E-state index contributed by atoms with van der Waals surface area (Å²) in [5, 5.41) is 2.47. The van der Waals surface area contributed by atoms with E-state index in [1.165, 1.54) is 81.1 Å². The van der Waals surface area contributed by atoms with Gasteiger partial charge < -0.3 is 8.83 Å². The Balaban J connectivity index is 0.0000000820. The number of aryl methyl sites for hydroxylation is 2. The first-order valence-electron chi connectivity index (χ1n) is 32.8. The Morgan fingerprint density at radius 3 is 1.62 bits per heavy atom. The summed E-state index contributed by atoms with van der Waals surface area (Å²) in [6.07, 6.45) is 42.8. The van der Waals surface area contributed by atoms with Crippen molar-refractivity contribution in [3.8, 4) is 56.3 Å². The molecule has 0 N–H and O–H groups in total. The lowest BCUT2D eigenvalue weighted by Gasteiger charge is -1.94. The van der Waals surface area contributed by atoms with E-state index in [4.69, 9.17) is 12.9 Å². The fraction of sp³-hybridized carbons (Fsp3) is 0.0972. The summed E-state index contributed by atoms with van der Waals surface area (Å²) in [4.78, 5) is 44.0. The molecule has 20 aromatic rings. The van der Waals surface area contributed by atoms with E-state index in [0.29, 0.717) is 17.9 Å². The molecule has 0 aliphatic carbocycles.